The van der Waals surface area contributed by atoms with Crippen molar-refractivity contribution in [2.75, 3.05) is 11.5 Å². The summed E-state index contributed by atoms with van der Waals surface area (Å²) in [5, 5.41) is 0. The molecule has 0 heterocycles. The van der Waals surface area contributed by atoms with Gasteiger partial charge < -0.3 is 11.5 Å². The Hall–Kier alpha value is -1.18. The van der Waals surface area contributed by atoms with Crippen LogP contribution in [0.25, 0.3) is 0 Å². The Morgan fingerprint density at radius 2 is 1.28 bits per heavy atom. The van der Waals surface area contributed by atoms with Crippen LogP contribution in [0.15, 0.2) is 18.2 Å². The quantitative estimate of drug-likeness (QED) is 0.498. The Morgan fingerprint density at radius 1 is 0.778 bits per heavy atom. The lowest BCUT2D eigenvalue weighted by atomic mass is 10.0. The molecule has 0 fully saturated rings. The van der Waals surface area contributed by atoms with Crippen molar-refractivity contribution >= 4 is 11.4 Å². The number of nitrogen functional groups attached to an aromatic ring is 2. The fourth-order valence-corrected chi connectivity index (χ4v) is 2.35. The lowest BCUT2D eigenvalue weighted by Crippen LogP contribution is -2.00. The van der Waals surface area contributed by atoms with Gasteiger partial charge in [-0.15, -0.1) is 0 Å². The van der Waals surface area contributed by atoms with Gasteiger partial charge in [-0.1, -0.05) is 57.9 Å². The van der Waals surface area contributed by atoms with E-state index in [4.69, 9.17) is 11.5 Å². The van der Waals surface area contributed by atoms with Gasteiger partial charge in [0.15, 0.2) is 0 Å². The molecule has 0 bridgehead atoms. The number of hydrogen-bond donors (Lipinski definition) is 2. The zero-order chi connectivity index (χ0) is 13.2. The van der Waals surface area contributed by atoms with Crippen LogP contribution in [0.2, 0.25) is 0 Å². The zero-order valence-corrected chi connectivity index (χ0v) is 11.8. The van der Waals surface area contributed by atoms with E-state index in [1.54, 1.807) is 0 Å². The molecule has 2 nitrogen and oxygen atoms in total. The molecule has 0 saturated heterocycles. The number of rotatable bonds is 9. The van der Waals surface area contributed by atoms with Gasteiger partial charge in [-0.25, -0.2) is 0 Å². The molecule has 0 amide bonds. The van der Waals surface area contributed by atoms with Gasteiger partial charge in [-0.2, -0.15) is 0 Å². The molecule has 18 heavy (non-hydrogen) atoms. The predicted octanol–water partition coefficient (Wildman–Crippen LogP) is 4.53. The van der Waals surface area contributed by atoms with Gasteiger partial charge >= 0.3 is 0 Å². The lowest BCUT2D eigenvalue weighted by Gasteiger charge is -2.08. The Kier molecular flexibility index (Phi) is 7.31. The van der Waals surface area contributed by atoms with Crippen LogP contribution < -0.4 is 11.5 Å². The van der Waals surface area contributed by atoms with Crippen molar-refractivity contribution in [3.8, 4) is 0 Å². The fourth-order valence-electron chi connectivity index (χ4n) is 2.35. The van der Waals surface area contributed by atoms with Crippen LogP contribution in [-0.2, 0) is 6.42 Å². The van der Waals surface area contributed by atoms with Gasteiger partial charge in [-0.05, 0) is 30.5 Å². The molecule has 4 N–H and O–H groups in total. The van der Waals surface area contributed by atoms with E-state index in [-0.39, 0.29) is 0 Å². The van der Waals surface area contributed by atoms with Crippen molar-refractivity contribution in [1.82, 2.24) is 0 Å². The third kappa shape index (κ3) is 5.44. The molecule has 0 spiro atoms. The van der Waals surface area contributed by atoms with Crippen LogP contribution in [0.4, 0.5) is 11.4 Å². The van der Waals surface area contributed by atoms with E-state index in [9.17, 15) is 0 Å². The Balaban J connectivity index is 2.11. The standard InChI is InChI=1S/C16H28N2/c1-2-3-4-5-6-7-8-9-11-14-15(17)12-10-13-16(14)18/h10,12-13H,2-9,11,17-18H2,1H3. The topological polar surface area (TPSA) is 52.0 Å². The van der Waals surface area contributed by atoms with Gasteiger partial charge in [0, 0.05) is 11.4 Å². The van der Waals surface area contributed by atoms with E-state index in [1.807, 2.05) is 18.2 Å². The summed E-state index contributed by atoms with van der Waals surface area (Å²) in [6, 6.07) is 5.80. The van der Waals surface area contributed by atoms with E-state index in [0.717, 1.165) is 23.4 Å². The molecule has 0 aliphatic carbocycles. The Bertz CT molecular complexity index is 314. The van der Waals surface area contributed by atoms with Crippen LogP contribution in [-0.4, -0.2) is 0 Å². The van der Waals surface area contributed by atoms with Gasteiger partial charge in [0.1, 0.15) is 0 Å². The van der Waals surface area contributed by atoms with Crippen LogP contribution in [0.1, 0.15) is 63.9 Å². The normalized spacial score (nSPS) is 10.7. The fraction of sp³-hybridized carbons (Fsp3) is 0.625. The van der Waals surface area contributed by atoms with Gasteiger partial charge in [0.25, 0.3) is 0 Å². The smallest absolute Gasteiger partial charge is 0.0367 e. The number of benzene rings is 1. The minimum absolute atomic E-state index is 0.845. The number of hydrogen-bond acceptors (Lipinski definition) is 2. The minimum Gasteiger partial charge on any atom is -0.398 e. The first-order chi connectivity index (χ1) is 8.75. The molecule has 1 aromatic rings. The molecule has 0 radical (unpaired) electrons. The summed E-state index contributed by atoms with van der Waals surface area (Å²) in [7, 11) is 0. The van der Waals surface area contributed by atoms with Crippen LogP contribution in [0, 0.1) is 0 Å². The van der Waals surface area contributed by atoms with Crippen molar-refractivity contribution in [1.29, 1.82) is 0 Å². The lowest BCUT2D eigenvalue weighted by molar-refractivity contribution is 0.576. The summed E-state index contributed by atoms with van der Waals surface area (Å²) in [5.41, 5.74) is 14.7. The third-order valence-electron chi connectivity index (χ3n) is 3.53. The Labute approximate surface area is 112 Å². The monoisotopic (exact) mass is 248 g/mol. The number of nitrogens with two attached hydrogens (primary N) is 2. The van der Waals surface area contributed by atoms with E-state index in [2.05, 4.69) is 6.92 Å². The maximum Gasteiger partial charge on any atom is 0.0367 e. The molecule has 0 aliphatic heterocycles. The van der Waals surface area contributed by atoms with Crippen molar-refractivity contribution in [3.63, 3.8) is 0 Å². The second-order valence-corrected chi connectivity index (χ2v) is 5.14. The van der Waals surface area contributed by atoms with E-state index >= 15 is 0 Å². The minimum atomic E-state index is 0.845. The second kappa shape index (κ2) is 8.84. The zero-order valence-electron chi connectivity index (χ0n) is 11.8. The molecule has 0 aliphatic rings. The highest BCUT2D eigenvalue weighted by Gasteiger charge is 2.02. The summed E-state index contributed by atoms with van der Waals surface area (Å²) < 4.78 is 0. The molecule has 0 saturated carbocycles. The molecule has 1 aromatic carbocycles. The first-order valence-electron chi connectivity index (χ1n) is 7.38. The van der Waals surface area contributed by atoms with Crippen molar-refractivity contribution in [2.45, 2.75) is 64.7 Å². The second-order valence-electron chi connectivity index (χ2n) is 5.14. The summed E-state index contributed by atoms with van der Waals surface area (Å²) in [5.74, 6) is 0. The van der Waals surface area contributed by atoms with Gasteiger partial charge in [0.2, 0.25) is 0 Å². The third-order valence-corrected chi connectivity index (χ3v) is 3.53. The SMILES string of the molecule is CCCCCCCCCCc1c(N)cccc1N. The highest BCUT2D eigenvalue weighted by atomic mass is 14.6. The number of unbranched alkanes of at least 4 members (excludes halogenated alkanes) is 7. The Morgan fingerprint density at radius 3 is 1.83 bits per heavy atom. The maximum absolute atomic E-state index is 5.94. The molecule has 0 atom stereocenters. The first kappa shape index (κ1) is 14.9. The molecule has 1 rings (SSSR count). The molecular weight excluding hydrogens is 220 g/mol. The molecular formula is C16H28N2. The summed E-state index contributed by atoms with van der Waals surface area (Å²) in [6.07, 6.45) is 11.7. The number of anilines is 2. The van der Waals surface area contributed by atoms with E-state index in [1.165, 1.54) is 51.4 Å². The summed E-state index contributed by atoms with van der Waals surface area (Å²) >= 11 is 0. The average molecular weight is 248 g/mol. The van der Waals surface area contributed by atoms with E-state index < -0.39 is 0 Å². The largest absolute Gasteiger partial charge is 0.398 e. The highest BCUT2D eigenvalue weighted by molar-refractivity contribution is 5.61. The average Bonchev–Trinajstić information content (AvgIpc) is 2.35. The first-order valence-corrected chi connectivity index (χ1v) is 7.38. The van der Waals surface area contributed by atoms with Gasteiger partial charge in [-0.3, -0.25) is 0 Å². The van der Waals surface area contributed by atoms with Crippen molar-refractivity contribution in [2.24, 2.45) is 0 Å². The summed E-state index contributed by atoms with van der Waals surface area (Å²) in [4.78, 5) is 0. The van der Waals surface area contributed by atoms with Crippen LogP contribution >= 0.6 is 0 Å². The van der Waals surface area contributed by atoms with Crippen LogP contribution in [0.5, 0.6) is 0 Å². The molecule has 0 aromatic heterocycles. The molecule has 2 heteroatoms. The van der Waals surface area contributed by atoms with Gasteiger partial charge in [0.05, 0.1) is 0 Å². The maximum atomic E-state index is 5.94. The highest BCUT2D eigenvalue weighted by Crippen LogP contribution is 2.21. The summed E-state index contributed by atoms with van der Waals surface area (Å²) in [6.45, 7) is 2.26. The molecule has 0 unspecified atom stereocenters. The van der Waals surface area contributed by atoms with E-state index in [0.29, 0.717) is 0 Å². The van der Waals surface area contributed by atoms with Crippen molar-refractivity contribution in [3.05, 3.63) is 23.8 Å². The predicted molar refractivity (Wildman–Crippen MR) is 81.6 cm³/mol. The van der Waals surface area contributed by atoms with Crippen molar-refractivity contribution < 1.29 is 0 Å². The molecule has 102 valence electrons. The van der Waals surface area contributed by atoms with Crippen LogP contribution in [0.3, 0.4) is 0 Å².